The van der Waals surface area contributed by atoms with Gasteiger partial charge in [0.25, 0.3) is 10.0 Å². The van der Waals surface area contributed by atoms with Crippen molar-refractivity contribution in [3.63, 3.8) is 0 Å². The molecule has 0 aliphatic heterocycles. The minimum atomic E-state index is -3.90. The van der Waals surface area contributed by atoms with Crippen LogP contribution in [0.4, 0.5) is 10.1 Å². The molecule has 110 valence electrons. The second kappa shape index (κ2) is 5.71. The first-order valence-electron chi connectivity index (χ1n) is 5.67. The highest BCUT2D eigenvalue weighted by atomic mass is 35.5. The van der Waals surface area contributed by atoms with Crippen molar-refractivity contribution in [1.82, 2.24) is 0 Å². The number of carbonyl (C=O) groups excluding carboxylic acids is 1. The molecular formula is C13H10ClFN2O3S. The zero-order chi connectivity index (χ0) is 15.6. The largest absolute Gasteiger partial charge is 0.366 e. The molecule has 21 heavy (non-hydrogen) atoms. The molecule has 3 N–H and O–H groups in total. The Balaban J connectivity index is 2.28. The summed E-state index contributed by atoms with van der Waals surface area (Å²) in [5.74, 6) is -1.32. The average Bonchev–Trinajstić information content (AvgIpc) is 2.42. The summed E-state index contributed by atoms with van der Waals surface area (Å²) in [6, 6.07) is 8.63. The lowest BCUT2D eigenvalue weighted by Crippen LogP contribution is -2.14. The van der Waals surface area contributed by atoms with Crippen molar-refractivity contribution in [3.8, 4) is 0 Å². The number of sulfonamides is 1. The smallest absolute Gasteiger partial charge is 0.261 e. The van der Waals surface area contributed by atoms with Crippen molar-refractivity contribution < 1.29 is 17.6 Å². The van der Waals surface area contributed by atoms with Gasteiger partial charge in [-0.05, 0) is 42.5 Å². The minimum absolute atomic E-state index is 0.173. The van der Waals surface area contributed by atoms with Gasteiger partial charge in [0.15, 0.2) is 0 Å². The number of nitrogens with two attached hydrogens (primary N) is 1. The predicted molar refractivity (Wildman–Crippen MR) is 77.2 cm³/mol. The van der Waals surface area contributed by atoms with Gasteiger partial charge in [0.2, 0.25) is 5.91 Å². The highest BCUT2D eigenvalue weighted by molar-refractivity contribution is 7.92. The number of benzene rings is 2. The van der Waals surface area contributed by atoms with Gasteiger partial charge in [-0.15, -0.1) is 0 Å². The molecule has 0 radical (unpaired) electrons. The van der Waals surface area contributed by atoms with Gasteiger partial charge in [0, 0.05) is 11.3 Å². The Hall–Kier alpha value is -2.12. The van der Waals surface area contributed by atoms with E-state index in [1.165, 1.54) is 24.3 Å². The van der Waals surface area contributed by atoms with E-state index >= 15 is 0 Å². The predicted octanol–water partition coefficient (Wildman–Crippen LogP) is 2.38. The number of rotatable bonds is 4. The fraction of sp³-hybridized carbons (Fsp3) is 0. The van der Waals surface area contributed by atoms with Gasteiger partial charge in [-0.25, -0.2) is 12.8 Å². The summed E-state index contributed by atoms with van der Waals surface area (Å²) < 4.78 is 39.5. The van der Waals surface area contributed by atoms with E-state index in [0.29, 0.717) is 0 Å². The van der Waals surface area contributed by atoms with Gasteiger partial charge in [0.05, 0.1) is 9.92 Å². The molecule has 2 aromatic carbocycles. The average molecular weight is 329 g/mol. The number of halogens is 2. The molecule has 0 atom stereocenters. The lowest BCUT2D eigenvalue weighted by Gasteiger charge is -2.09. The molecule has 5 nitrogen and oxygen atoms in total. The highest BCUT2D eigenvalue weighted by Gasteiger charge is 2.16. The standard InChI is InChI=1S/C13H10ClFN2O3S/c14-11-7-10(5-6-12(11)15)21(19,20)17-9-3-1-8(2-4-9)13(16)18/h1-7,17H,(H2,16,18). The number of hydrogen-bond acceptors (Lipinski definition) is 3. The Morgan fingerprint density at radius 1 is 1.14 bits per heavy atom. The van der Waals surface area contributed by atoms with Crippen LogP contribution in [0.25, 0.3) is 0 Å². The highest BCUT2D eigenvalue weighted by Crippen LogP contribution is 2.21. The van der Waals surface area contributed by atoms with Crippen molar-refractivity contribution >= 4 is 33.2 Å². The monoisotopic (exact) mass is 328 g/mol. The first kappa shape index (κ1) is 15.3. The van der Waals surface area contributed by atoms with Crippen LogP contribution in [0.1, 0.15) is 10.4 Å². The Kier molecular flexibility index (Phi) is 4.15. The number of amides is 1. The van der Waals surface area contributed by atoms with Crippen LogP contribution in [-0.2, 0) is 10.0 Å². The molecule has 8 heteroatoms. The van der Waals surface area contributed by atoms with Gasteiger partial charge in [0.1, 0.15) is 5.82 Å². The van der Waals surface area contributed by atoms with E-state index in [9.17, 15) is 17.6 Å². The molecule has 0 aromatic heterocycles. The Morgan fingerprint density at radius 2 is 1.76 bits per heavy atom. The fourth-order valence-corrected chi connectivity index (χ4v) is 2.89. The van der Waals surface area contributed by atoms with Gasteiger partial charge in [-0.2, -0.15) is 0 Å². The van der Waals surface area contributed by atoms with Gasteiger partial charge < -0.3 is 5.73 Å². The van der Waals surface area contributed by atoms with Crippen LogP contribution >= 0.6 is 11.6 Å². The SMILES string of the molecule is NC(=O)c1ccc(NS(=O)(=O)c2ccc(F)c(Cl)c2)cc1. The third-order valence-corrected chi connectivity index (χ3v) is 4.29. The van der Waals surface area contributed by atoms with Gasteiger partial charge in [-0.1, -0.05) is 11.6 Å². The molecule has 2 rings (SSSR count). The Morgan fingerprint density at radius 3 is 2.29 bits per heavy atom. The number of anilines is 1. The number of carbonyl (C=O) groups is 1. The van der Waals surface area contributed by atoms with Crippen molar-refractivity contribution in [3.05, 3.63) is 58.9 Å². The molecule has 2 aromatic rings. The summed E-state index contributed by atoms with van der Waals surface area (Å²) in [5.41, 5.74) is 5.57. The topological polar surface area (TPSA) is 89.3 Å². The fourth-order valence-electron chi connectivity index (χ4n) is 1.56. The van der Waals surface area contributed by atoms with Crippen molar-refractivity contribution in [2.24, 2.45) is 5.73 Å². The third kappa shape index (κ3) is 3.50. The van der Waals surface area contributed by atoms with Crippen LogP contribution in [-0.4, -0.2) is 14.3 Å². The van der Waals surface area contributed by atoms with Crippen molar-refractivity contribution in [1.29, 1.82) is 0 Å². The molecular weight excluding hydrogens is 319 g/mol. The lowest BCUT2D eigenvalue weighted by atomic mass is 10.2. The first-order valence-corrected chi connectivity index (χ1v) is 7.53. The number of primary amides is 1. The van der Waals surface area contributed by atoms with E-state index in [4.69, 9.17) is 17.3 Å². The van der Waals surface area contributed by atoms with Crippen LogP contribution < -0.4 is 10.5 Å². The zero-order valence-electron chi connectivity index (χ0n) is 10.5. The van der Waals surface area contributed by atoms with E-state index in [1.54, 1.807) is 0 Å². The third-order valence-electron chi connectivity index (χ3n) is 2.62. The molecule has 0 unspecified atom stereocenters. The van der Waals surface area contributed by atoms with E-state index in [-0.39, 0.29) is 21.2 Å². The van der Waals surface area contributed by atoms with Crippen LogP contribution in [0.15, 0.2) is 47.4 Å². The van der Waals surface area contributed by atoms with Crippen LogP contribution in [0.5, 0.6) is 0 Å². The van der Waals surface area contributed by atoms with E-state index in [1.807, 2.05) is 0 Å². The summed E-state index contributed by atoms with van der Waals surface area (Å²) in [6.07, 6.45) is 0. The molecule has 0 fully saturated rings. The molecule has 0 heterocycles. The quantitative estimate of drug-likeness (QED) is 0.903. The summed E-state index contributed by atoms with van der Waals surface area (Å²) in [5, 5.41) is -0.290. The molecule has 0 saturated heterocycles. The van der Waals surface area contributed by atoms with E-state index in [0.717, 1.165) is 18.2 Å². The molecule has 0 aliphatic carbocycles. The molecule has 0 aliphatic rings. The molecule has 0 spiro atoms. The maximum atomic E-state index is 13.0. The van der Waals surface area contributed by atoms with Crippen molar-refractivity contribution in [2.45, 2.75) is 4.90 Å². The van der Waals surface area contributed by atoms with Crippen LogP contribution in [0, 0.1) is 5.82 Å². The van der Waals surface area contributed by atoms with E-state index in [2.05, 4.69) is 4.72 Å². The minimum Gasteiger partial charge on any atom is -0.366 e. The first-order chi connectivity index (χ1) is 9.79. The second-order valence-corrected chi connectivity index (χ2v) is 6.21. The number of hydrogen-bond donors (Lipinski definition) is 2. The summed E-state index contributed by atoms with van der Waals surface area (Å²) >= 11 is 5.56. The van der Waals surface area contributed by atoms with E-state index < -0.39 is 21.7 Å². The summed E-state index contributed by atoms with van der Waals surface area (Å²) in [7, 11) is -3.90. The van der Waals surface area contributed by atoms with Gasteiger partial charge >= 0.3 is 0 Å². The lowest BCUT2D eigenvalue weighted by molar-refractivity contribution is 0.100. The zero-order valence-corrected chi connectivity index (χ0v) is 12.1. The number of nitrogens with one attached hydrogen (secondary N) is 1. The van der Waals surface area contributed by atoms with Crippen molar-refractivity contribution in [2.75, 3.05) is 4.72 Å². The Bertz CT molecular complexity index is 792. The molecule has 1 amide bonds. The second-order valence-electron chi connectivity index (χ2n) is 4.12. The van der Waals surface area contributed by atoms with Crippen LogP contribution in [0.2, 0.25) is 5.02 Å². The Labute approximate surface area is 125 Å². The van der Waals surface area contributed by atoms with Gasteiger partial charge in [-0.3, -0.25) is 9.52 Å². The summed E-state index contributed by atoms with van der Waals surface area (Å²) in [4.78, 5) is 10.7. The molecule has 0 bridgehead atoms. The summed E-state index contributed by atoms with van der Waals surface area (Å²) in [6.45, 7) is 0. The maximum Gasteiger partial charge on any atom is 0.261 e. The molecule has 0 saturated carbocycles. The van der Waals surface area contributed by atoms with Crippen LogP contribution in [0.3, 0.4) is 0 Å². The normalized spacial score (nSPS) is 11.1. The maximum absolute atomic E-state index is 13.0.